The number of rotatable bonds is 28. The van der Waals surface area contributed by atoms with Gasteiger partial charge in [0.15, 0.2) is 11.5 Å². The van der Waals surface area contributed by atoms with Gasteiger partial charge in [-0.25, -0.2) is 0 Å². The molecule has 0 aliphatic carbocycles. The van der Waals surface area contributed by atoms with Crippen molar-refractivity contribution in [3.63, 3.8) is 0 Å². The van der Waals surface area contributed by atoms with Crippen molar-refractivity contribution in [2.24, 2.45) is 0 Å². The molecule has 0 unspecified atom stereocenters. The smallest absolute Gasteiger partial charge is 0.171 e. The van der Waals surface area contributed by atoms with Crippen molar-refractivity contribution in [3.05, 3.63) is 10.8 Å². The number of hydrogen-bond acceptors (Lipinski definition) is 3. The van der Waals surface area contributed by atoms with Gasteiger partial charge in [-0.05, 0) is 12.8 Å². The van der Waals surface area contributed by atoms with Gasteiger partial charge in [-0.1, -0.05) is 155 Å². The Kier molecular flexibility index (Phi) is 24.4. The average Bonchev–Trinajstić information content (AvgIpc) is 3.32. The van der Waals surface area contributed by atoms with Gasteiger partial charge in [0, 0.05) is 10.8 Å². The third-order valence-corrected chi connectivity index (χ3v) is 7.80. The SMILES string of the molecule is CCCCCCCCCCCCCCOc1cscc1OCCCCCCCCCCCCCC. The van der Waals surface area contributed by atoms with E-state index >= 15 is 0 Å². The molecule has 1 rings (SSSR count). The molecule has 35 heavy (non-hydrogen) atoms. The molecule has 1 aromatic rings. The topological polar surface area (TPSA) is 18.5 Å². The summed E-state index contributed by atoms with van der Waals surface area (Å²) in [6.45, 7) is 6.23. The lowest BCUT2D eigenvalue weighted by Gasteiger charge is -2.09. The summed E-state index contributed by atoms with van der Waals surface area (Å²) < 4.78 is 12.0. The molecule has 0 fully saturated rings. The molecule has 0 aliphatic heterocycles. The van der Waals surface area contributed by atoms with Gasteiger partial charge < -0.3 is 9.47 Å². The zero-order chi connectivity index (χ0) is 25.1. The van der Waals surface area contributed by atoms with Crippen LogP contribution in [-0.4, -0.2) is 13.2 Å². The molecule has 206 valence electrons. The molecule has 0 amide bonds. The highest BCUT2D eigenvalue weighted by Gasteiger charge is 2.06. The largest absolute Gasteiger partial charge is 0.489 e. The first-order valence-electron chi connectivity index (χ1n) is 15.7. The van der Waals surface area contributed by atoms with E-state index < -0.39 is 0 Å². The predicted molar refractivity (Wildman–Crippen MR) is 157 cm³/mol. The van der Waals surface area contributed by atoms with Crippen molar-refractivity contribution in [1.29, 1.82) is 0 Å². The Morgan fingerprint density at radius 3 is 0.943 bits per heavy atom. The summed E-state index contributed by atoms with van der Waals surface area (Å²) in [5.74, 6) is 1.91. The lowest BCUT2D eigenvalue weighted by molar-refractivity contribution is 0.260. The first-order chi connectivity index (χ1) is 17.4. The highest BCUT2D eigenvalue weighted by Crippen LogP contribution is 2.32. The fourth-order valence-corrected chi connectivity index (χ4v) is 5.42. The third kappa shape index (κ3) is 21.1. The van der Waals surface area contributed by atoms with Crippen LogP contribution < -0.4 is 9.47 Å². The predicted octanol–water partition coefficient (Wildman–Crippen LogP) is 11.9. The Labute approximate surface area is 224 Å². The van der Waals surface area contributed by atoms with E-state index in [1.165, 1.54) is 141 Å². The van der Waals surface area contributed by atoms with Crippen LogP contribution in [0.3, 0.4) is 0 Å². The molecule has 1 aromatic heterocycles. The summed E-state index contributed by atoms with van der Waals surface area (Å²) in [5.41, 5.74) is 0. The van der Waals surface area contributed by atoms with E-state index in [2.05, 4.69) is 24.6 Å². The summed E-state index contributed by atoms with van der Waals surface area (Å²) in [6.07, 6.45) is 33.1. The van der Waals surface area contributed by atoms with Crippen molar-refractivity contribution in [3.8, 4) is 11.5 Å². The minimum absolute atomic E-state index is 0.823. The van der Waals surface area contributed by atoms with E-state index in [4.69, 9.17) is 9.47 Å². The fraction of sp³-hybridized carbons (Fsp3) is 0.875. The second kappa shape index (κ2) is 26.4. The minimum Gasteiger partial charge on any atom is -0.489 e. The maximum atomic E-state index is 6.02. The number of unbranched alkanes of at least 4 members (excludes halogenated alkanes) is 22. The first-order valence-corrected chi connectivity index (χ1v) is 16.6. The first kappa shape index (κ1) is 32.3. The maximum Gasteiger partial charge on any atom is 0.171 e. The summed E-state index contributed by atoms with van der Waals surface area (Å²) in [7, 11) is 0. The zero-order valence-corrected chi connectivity index (χ0v) is 24.6. The van der Waals surface area contributed by atoms with Crippen LogP contribution in [0.2, 0.25) is 0 Å². The second-order valence-electron chi connectivity index (χ2n) is 10.6. The fourth-order valence-electron chi connectivity index (χ4n) is 4.73. The van der Waals surface area contributed by atoms with Gasteiger partial charge >= 0.3 is 0 Å². The molecule has 0 bridgehead atoms. The molecular formula is C32H60O2S. The molecule has 0 aliphatic rings. The van der Waals surface area contributed by atoms with E-state index in [9.17, 15) is 0 Å². The summed E-state index contributed by atoms with van der Waals surface area (Å²) in [4.78, 5) is 0. The monoisotopic (exact) mass is 508 g/mol. The molecule has 0 saturated heterocycles. The lowest BCUT2D eigenvalue weighted by atomic mass is 10.1. The molecular weight excluding hydrogens is 448 g/mol. The molecule has 0 saturated carbocycles. The highest BCUT2D eigenvalue weighted by molar-refractivity contribution is 7.08. The van der Waals surface area contributed by atoms with Crippen molar-refractivity contribution < 1.29 is 9.47 Å². The molecule has 3 heteroatoms. The Morgan fingerprint density at radius 1 is 0.400 bits per heavy atom. The van der Waals surface area contributed by atoms with Gasteiger partial charge in [-0.2, -0.15) is 0 Å². The quantitative estimate of drug-likeness (QED) is 0.105. The maximum absolute atomic E-state index is 6.02. The molecule has 1 heterocycles. The second-order valence-corrected chi connectivity index (χ2v) is 11.3. The number of ether oxygens (including phenoxy) is 2. The van der Waals surface area contributed by atoms with Crippen molar-refractivity contribution in [1.82, 2.24) is 0 Å². The molecule has 0 radical (unpaired) electrons. The van der Waals surface area contributed by atoms with Crippen LogP contribution in [0.1, 0.15) is 168 Å². The lowest BCUT2D eigenvalue weighted by Crippen LogP contribution is -2.01. The van der Waals surface area contributed by atoms with Crippen LogP contribution in [-0.2, 0) is 0 Å². The van der Waals surface area contributed by atoms with Crippen LogP contribution in [0.25, 0.3) is 0 Å². The van der Waals surface area contributed by atoms with Gasteiger partial charge in [0.2, 0.25) is 0 Å². The molecule has 2 nitrogen and oxygen atoms in total. The van der Waals surface area contributed by atoms with Gasteiger partial charge in [0.25, 0.3) is 0 Å². The third-order valence-electron chi connectivity index (χ3n) is 7.10. The Hall–Kier alpha value is -0.700. The van der Waals surface area contributed by atoms with Crippen LogP contribution in [0.4, 0.5) is 0 Å². The molecule has 0 spiro atoms. The van der Waals surface area contributed by atoms with E-state index in [0.717, 1.165) is 37.6 Å². The highest BCUT2D eigenvalue weighted by atomic mass is 32.1. The standard InChI is InChI=1S/C32H60O2S/c1-3-5-7-9-11-13-15-17-19-21-23-25-27-33-31-29-35-30-32(31)34-28-26-24-22-20-18-16-14-12-10-8-6-4-2/h29-30H,3-28H2,1-2H3. The van der Waals surface area contributed by atoms with Crippen molar-refractivity contribution in [2.45, 2.75) is 168 Å². The van der Waals surface area contributed by atoms with Crippen LogP contribution in [0.15, 0.2) is 10.8 Å². The molecule has 0 atom stereocenters. The number of hydrogen-bond donors (Lipinski definition) is 0. The number of thiophene rings is 1. The Morgan fingerprint density at radius 2 is 0.657 bits per heavy atom. The normalized spacial score (nSPS) is 11.3. The van der Waals surface area contributed by atoms with Gasteiger partial charge in [0.05, 0.1) is 13.2 Å². The average molecular weight is 509 g/mol. The van der Waals surface area contributed by atoms with Crippen LogP contribution in [0.5, 0.6) is 11.5 Å². The molecule has 0 aromatic carbocycles. The van der Waals surface area contributed by atoms with Gasteiger partial charge in [0.1, 0.15) is 0 Å². The summed E-state index contributed by atoms with van der Waals surface area (Å²) in [6, 6.07) is 0. The van der Waals surface area contributed by atoms with E-state index in [0.29, 0.717) is 0 Å². The Balaban J connectivity index is 1.87. The van der Waals surface area contributed by atoms with Gasteiger partial charge in [-0.3, -0.25) is 0 Å². The van der Waals surface area contributed by atoms with Crippen molar-refractivity contribution in [2.75, 3.05) is 13.2 Å². The Bertz CT molecular complexity index is 483. The minimum atomic E-state index is 0.823. The molecule has 0 N–H and O–H groups in total. The van der Waals surface area contributed by atoms with E-state index in [1.54, 1.807) is 11.3 Å². The zero-order valence-electron chi connectivity index (χ0n) is 23.8. The van der Waals surface area contributed by atoms with Crippen LogP contribution in [0, 0.1) is 0 Å². The summed E-state index contributed by atoms with van der Waals surface area (Å²) in [5, 5.41) is 4.19. The van der Waals surface area contributed by atoms with E-state index in [1.807, 2.05) is 0 Å². The van der Waals surface area contributed by atoms with Crippen molar-refractivity contribution >= 4 is 11.3 Å². The van der Waals surface area contributed by atoms with E-state index in [-0.39, 0.29) is 0 Å². The van der Waals surface area contributed by atoms with Gasteiger partial charge in [-0.15, -0.1) is 11.3 Å². The summed E-state index contributed by atoms with van der Waals surface area (Å²) >= 11 is 1.69. The van der Waals surface area contributed by atoms with Crippen LogP contribution >= 0.6 is 11.3 Å².